The van der Waals surface area contributed by atoms with Crippen LogP contribution in [0.5, 0.6) is 0 Å². The van der Waals surface area contributed by atoms with Crippen molar-refractivity contribution in [3.8, 4) is 0 Å². The van der Waals surface area contributed by atoms with Crippen LogP contribution in [0.3, 0.4) is 0 Å². The van der Waals surface area contributed by atoms with Gasteiger partial charge in [0.05, 0.1) is 5.56 Å². The van der Waals surface area contributed by atoms with Crippen molar-refractivity contribution in [3.63, 3.8) is 0 Å². The average Bonchev–Trinajstić information content (AvgIpc) is 2.89. The molecule has 1 atom stereocenters. The minimum Gasteiger partial charge on any atom is -0.347 e. The number of rotatable bonds is 9. The second-order valence-electron chi connectivity index (χ2n) is 10.4. The van der Waals surface area contributed by atoms with E-state index < -0.39 is 17.8 Å². The summed E-state index contributed by atoms with van der Waals surface area (Å²) in [6.07, 6.45) is 1.82. The first-order chi connectivity index (χ1) is 18.5. The van der Waals surface area contributed by atoms with Gasteiger partial charge in [0.25, 0.3) is 0 Å². The number of hydrogen-bond acceptors (Lipinski definition) is 3. The summed E-state index contributed by atoms with van der Waals surface area (Å²) in [5.74, 6) is 0.898. The largest absolute Gasteiger partial charge is 0.416 e. The van der Waals surface area contributed by atoms with Gasteiger partial charge in [-0.3, -0.25) is 14.7 Å². The second kappa shape index (κ2) is 13.6. The van der Waals surface area contributed by atoms with Crippen molar-refractivity contribution in [2.45, 2.75) is 51.9 Å². The molecule has 0 saturated carbocycles. The van der Waals surface area contributed by atoms with Crippen LogP contribution in [0.2, 0.25) is 0 Å². The molecule has 1 heterocycles. The Morgan fingerprint density at radius 2 is 1.85 bits per heavy atom. The molecule has 0 aliphatic carbocycles. The zero-order valence-corrected chi connectivity index (χ0v) is 23.3. The van der Waals surface area contributed by atoms with Gasteiger partial charge in [-0.25, -0.2) is 0 Å². The van der Waals surface area contributed by atoms with E-state index >= 15 is 0 Å². The summed E-state index contributed by atoms with van der Waals surface area (Å²) < 4.78 is 39.0. The molecule has 3 rings (SSSR count). The SMILES string of the molecule is C=CNC(=NC(Cc1ccccc1)C(=O)N(C)C)/C(C)=C/C1CCN(Cc2ccc(C(F)(F)F)cc2C)CC1. The number of amides is 1. The van der Waals surface area contributed by atoms with Gasteiger partial charge in [-0.1, -0.05) is 49.1 Å². The fraction of sp³-hybridized carbons (Fsp3) is 0.419. The lowest BCUT2D eigenvalue weighted by Gasteiger charge is -2.31. The Morgan fingerprint density at radius 3 is 2.41 bits per heavy atom. The van der Waals surface area contributed by atoms with E-state index in [1.165, 1.54) is 12.1 Å². The number of hydrogen-bond donors (Lipinski definition) is 1. The van der Waals surface area contributed by atoms with Crippen molar-refractivity contribution in [1.29, 1.82) is 0 Å². The first kappa shape index (κ1) is 30.2. The highest BCUT2D eigenvalue weighted by molar-refractivity contribution is 6.00. The molecule has 0 aromatic heterocycles. The second-order valence-corrected chi connectivity index (χ2v) is 10.4. The molecule has 8 heteroatoms. The number of aryl methyl sites for hydroxylation is 1. The minimum atomic E-state index is -4.32. The van der Waals surface area contributed by atoms with Crippen LogP contribution in [0.1, 0.15) is 42.0 Å². The van der Waals surface area contributed by atoms with Crippen LogP contribution in [-0.4, -0.2) is 54.8 Å². The molecule has 210 valence electrons. The van der Waals surface area contributed by atoms with E-state index in [9.17, 15) is 18.0 Å². The molecule has 1 aliphatic heterocycles. The third kappa shape index (κ3) is 8.82. The van der Waals surface area contributed by atoms with E-state index in [-0.39, 0.29) is 5.91 Å². The van der Waals surface area contributed by atoms with Crippen molar-refractivity contribution in [2.75, 3.05) is 27.2 Å². The molecule has 1 N–H and O–H groups in total. The predicted molar refractivity (Wildman–Crippen MR) is 151 cm³/mol. The van der Waals surface area contributed by atoms with Crippen molar-refractivity contribution in [3.05, 3.63) is 95.2 Å². The Hall–Kier alpha value is -3.39. The van der Waals surface area contributed by atoms with E-state index in [1.54, 1.807) is 38.2 Å². The van der Waals surface area contributed by atoms with Crippen LogP contribution in [0.4, 0.5) is 13.2 Å². The fourth-order valence-electron chi connectivity index (χ4n) is 4.83. The van der Waals surface area contributed by atoms with Gasteiger partial charge in [0, 0.05) is 27.1 Å². The third-order valence-corrected chi connectivity index (χ3v) is 7.08. The van der Waals surface area contributed by atoms with Gasteiger partial charge in [-0.2, -0.15) is 13.2 Å². The van der Waals surface area contributed by atoms with Crippen LogP contribution < -0.4 is 5.32 Å². The Kier molecular flexibility index (Phi) is 10.5. The average molecular weight is 541 g/mol. The lowest BCUT2D eigenvalue weighted by atomic mass is 9.93. The third-order valence-electron chi connectivity index (χ3n) is 7.08. The zero-order chi connectivity index (χ0) is 28.6. The summed E-state index contributed by atoms with van der Waals surface area (Å²) in [6.45, 7) is 9.87. The quantitative estimate of drug-likeness (QED) is 0.313. The predicted octanol–water partition coefficient (Wildman–Crippen LogP) is 6.00. The zero-order valence-electron chi connectivity index (χ0n) is 23.3. The lowest BCUT2D eigenvalue weighted by Crippen LogP contribution is -2.36. The number of allylic oxidation sites excluding steroid dienone is 1. The van der Waals surface area contributed by atoms with E-state index in [0.29, 0.717) is 30.3 Å². The van der Waals surface area contributed by atoms with Crippen molar-refractivity contribution in [1.82, 2.24) is 15.1 Å². The molecule has 1 aliphatic rings. The monoisotopic (exact) mass is 540 g/mol. The summed E-state index contributed by atoms with van der Waals surface area (Å²) in [7, 11) is 3.47. The molecule has 5 nitrogen and oxygen atoms in total. The van der Waals surface area contributed by atoms with Crippen molar-refractivity contribution in [2.24, 2.45) is 10.9 Å². The number of alkyl halides is 3. The number of carbonyl (C=O) groups is 1. The van der Waals surface area contributed by atoms with Crippen LogP contribution in [-0.2, 0) is 23.9 Å². The number of carbonyl (C=O) groups excluding carboxylic acids is 1. The summed E-state index contributed by atoms with van der Waals surface area (Å²) in [5.41, 5.74) is 2.98. The van der Waals surface area contributed by atoms with Crippen molar-refractivity contribution >= 4 is 11.7 Å². The van der Waals surface area contributed by atoms with E-state index in [0.717, 1.165) is 42.6 Å². The smallest absolute Gasteiger partial charge is 0.347 e. The van der Waals surface area contributed by atoms with E-state index in [4.69, 9.17) is 4.99 Å². The molecule has 0 bridgehead atoms. The number of likely N-dealkylation sites (N-methyl/N-ethyl adjacent to an activating group) is 1. The summed E-state index contributed by atoms with van der Waals surface area (Å²) in [6, 6.07) is 13.3. The molecule has 1 fully saturated rings. The minimum absolute atomic E-state index is 0.0677. The van der Waals surface area contributed by atoms with Gasteiger partial charge in [-0.05, 0) is 86.3 Å². The Morgan fingerprint density at radius 1 is 1.18 bits per heavy atom. The number of nitrogens with one attached hydrogen (secondary N) is 1. The molecule has 2 aromatic carbocycles. The topological polar surface area (TPSA) is 47.9 Å². The van der Waals surface area contributed by atoms with Gasteiger partial charge in [0.15, 0.2) is 0 Å². The van der Waals surface area contributed by atoms with Crippen LogP contribution >= 0.6 is 0 Å². The number of halogens is 3. The summed E-state index contributed by atoms with van der Waals surface area (Å²) >= 11 is 0. The molecule has 1 unspecified atom stereocenters. The number of benzene rings is 2. The first-order valence-corrected chi connectivity index (χ1v) is 13.3. The molecule has 2 aromatic rings. The highest BCUT2D eigenvalue weighted by Crippen LogP contribution is 2.31. The maximum Gasteiger partial charge on any atom is 0.416 e. The number of aliphatic imine (C=N–C) groups is 1. The fourth-order valence-corrected chi connectivity index (χ4v) is 4.83. The Labute approximate surface area is 230 Å². The highest BCUT2D eigenvalue weighted by atomic mass is 19.4. The van der Waals surface area contributed by atoms with Crippen LogP contribution in [0.25, 0.3) is 0 Å². The number of nitrogens with zero attached hydrogens (tertiary/aromatic N) is 3. The molecule has 0 radical (unpaired) electrons. The van der Waals surface area contributed by atoms with Crippen LogP contribution in [0, 0.1) is 12.8 Å². The molecular weight excluding hydrogens is 501 g/mol. The first-order valence-electron chi connectivity index (χ1n) is 13.3. The lowest BCUT2D eigenvalue weighted by molar-refractivity contribution is -0.137. The molecule has 1 amide bonds. The summed E-state index contributed by atoms with van der Waals surface area (Å²) in [4.78, 5) is 21.7. The van der Waals surface area contributed by atoms with Gasteiger partial charge in [-0.15, -0.1) is 0 Å². The maximum atomic E-state index is 13.0. The van der Waals surface area contributed by atoms with Gasteiger partial charge >= 0.3 is 6.18 Å². The summed E-state index contributed by atoms with van der Waals surface area (Å²) in [5, 5.41) is 3.13. The Bertz CT molecular complexity index is 1180. The van der Waals surface area contributed by atoms with Gasteiger partial charge in [0.2, 0.25) is 5.91 Å². The molecular formula is C31H39F3N4O. The normalized spacial score (nSPS) is 16.6. The van der Waals surface area contributed by atoms with E-state index in [1.807, 2.05) is 37.3 Å². The van der Waals surface area contributed by atoms with Crippen molar-refractivity contribution < 1.29 is 18.0 Å². The maximum absolute atomic E-state index is 13.0. The Balaban J connectivity index is 1.68. The molecule has 39 heavy (non-hydrogen) atoms. The molecule has 0 spiro atoms. The highest BCUT2D eigenvalue weighted by Gasteiger charge is 2.31. The number of likely N-dealkylation sites (tertiary alicyclic amines) is 1. The van der Waals surface area contributed by atoms with Gasteiger partial charge in [0.1, 0.15) is 11.9 Å². The molecule has 1 saturated heterocycles. The number of piperidine rings is 1. The number of amidine groups is 1. The van der Waals surface area contributed by atoms with Crippen LogP contribution in [0.15, 0.2) is 78.0 Å². The standard InChI is InChI=1S/C31H39F3N4O/c1-6-35-29(36-28(30(39)37(4)5)20-24-10-8-7-9-11-24)23(3)18-25-14-16-38(17-15-25)21-26-12-13-27(19-22(26)2)31(32,33)34/h6-13,18-19,25,28H,1,14-17,20-21H2,2-5H3,(H,35,36)/b23-18+. The van der Waals surface area contributed by atoms with E-state index in [2.05, 4.69) is 22.9 Å². The van der Waals surface area contributed by atoms with Gasteiger partial charge < -0.3 is 10.2 Å².